The van der Waals surface area contributed by atoms with Gasteiger partial charge in [-0.05, 0) is 0 Å². The van der Waals surface area contributed by atoms with Gasteiger partial charge < -0.3 is 0 Å². The fraction of sp³-hybridized carbons (Fsp3) is 0.333. The van der Waals surface area contributed by atoms with Gasteiger partial charge in [-0.2, -0.15) is 0 Å². The van der Waals surface area contributed by atoms with Gasteiger partial charge in [-0.3, -0.25) is 0 Å². The van der Waals surface area contributed by atoms with Crippen LogP contribution in [0.3, 0.4) is 0 Å². The summed E-state index contributed by atoms with van der Waals surface area (Å²) in [6.07, 6.45) is 0. The fourth-order valence-electron chi connectivity index (χ4n) is 2.96. The molecule has 0 bridgehead atoms. The third-order valence-electron chi connectivity index (χ3n) is 4.43. The first kappa shape index (κ1) is 31.2. The zero-order chi connectivity index (χ0) is 24.8. The number of nitrogens with zero attached hydrogens (tertiary/aromatic N) is 3. The van der Waals surface area contributed by atoms with Crippen LogP contribution in [0.5, 0.6) is 0 Å². The molecule has 0 N–H and O–H groups in total. The van der Waals surface area contributed by atoms with Crippen molar-refractivity contribution >= 4 is 84.0 Å². The van der Waals surface area contributed by atoms with E-state index in [1.165, 1.54) is 101 Å². The molecule has 0 aromatic heterocycles. The summed E-state index contributed by atoms with van der Waals surface area (Å²) < 4.78 is 4.46. The van der Waals surface area contributed by atoms with Crippen molar-refractivity contribution in [2.24, 2.45) is 0 Å². The molecule has 3 nitrogen and oxygen atoms in total. The Balaban J connectivity index is 0.000000247. The number of hydrogen-bond acceptors (Lipinski definition) is 3. The van der Waals surface area contributed by atoms with Crippen LogP contribution in [0.25, 0.3) is 0 Å². The van der Waals surface area contributed by atoms with Gasteiger partial charge in [0.15, 0.2) is 0 Å². The molecule has 3 rings (SSSR count). The van der Waals surface area contributed by atoms with E-state index < -0.39 is 0 Å². The average Bonchev–Trinajstić information content (AvgIpc) is 2.73. The van der Waals surface area contributed by atoms with Gasteiger partial charge in [0.25, 0.3) is 0 Å². The monoisotopic (exact) mass is 1030 g/mol. The third-order valence-corrected chi connectivity index (χ3v) is 9.52. The Hall–Kier alpha value is 0.189. The minimum absolute atomic E-state index is 1.06. The van der Waals surface area contributed by atoms with Crippen molar-refractivity contribution in [2.75, 3.05) is 42.3 Å². The van der Waals surface area contributed by atoms with E-state index >= 15 is 0 Å². The Labute approximate surface area is 247 Å². The van der Waals surface area contributed by atoms with Gasteiger partial charge in [-0.15, -0.1) is 0 Å². The van der Waals surface area contributed by atoms with Crippen molar-refractivity contribution in [3.8, 4) is 0 Å². The first-order valence-electron chi connectivity index (χ1n) is 10.8. The summed E-state index contributed by atoms with van der Waals surface area (Å²) >= 11 is 4.06. The molecule has 0 unspecified atom stereocenters. The topological polar surface area (TPSA) is 9.72 Å². The van der Waals surface area contributed by atoms with Crippen molar-refractivity contribution in [2.45, 2.75) is 19.6 Å². The normalized spacial score (nSPS) is 10.5. The second-order valence-electron chi connectivity index (χ2n) is 8.60. The Morgan fingerprint density at radius 1 is 0.424 bits per heavy atom. The predicted molar refractivity (Wildman–Crippen MR) is 148 cm³/mol. The summed E-state index contributed by atoms with van der Waals surface area (Å²) in [5.74, 6) is 0. The van der Waals surface area contributed by atoms with E-state index in [1.54, 1.807) is 0 Å². The summed E-state index contributed by atoms with van der Waals surface area (Å²) in [6, 6.07) is 25.9. The average molecular weight is 1030 g/mol. The summed E-state index contributed by atoms with van der Waals surface area (Å²) in [7, 11) is 12.6. The molecule has 6 radical (unpaired) electrons. The molecule has 33 heavy (non-hydrogen) atoms. The Morgan fingerprint density at radius 3 is 0.818 bits per heavy atom. The molecular weight excluding hydrogens is 993 g/mol. The summed E-state index contributed by atoms with van der Waals surface area (Å²) in [6.45, 7) is 3.19. The van der Waals surface area contributed by atoms with E-state index in [9.17, 15) is 0 Å². The van der Waals surface area contributed by atoms with E-state index in [-0.39, 0.29) is 0 Å². The van der Waals surface area contributed by atoms with E-state index in [0.717, 1.165) is 19.6 Å². The summed E-state index contributed by atoms with van der Waals surface area (Å²) in [4.78, 5) is 6.60. The zero-order valence-corrected chi connectivity index (χ0v) is 31.2. The summed E-state index contributed by atoms with van der Waals surface area (Å²) in [5.41, 5.74) is 4.39. The van der Waals surface area contributed by atoms with Crippen molar-refractivity contribution in [1.82, 2.24) is 14.7 Å². The van der Waals surface area contributed by atoms with E-state index in [0.29, 0.717) is 0 Å². The molecule has 0 saturated carbocycles. The van der Waals surface area contributed by atoms with Crippen LogP contribution in [0.1, 0.15) is 16.7 Å². The summed E-state index contributed by atoms with van der Waals surface area (Å²) in [5, 5.41) is 0. The van der Waals surface area contributed by atoms with Crippen molar-refractivity contribution in [1.29, 1.82) is 0 Å². The first-order chi connectivity index (χ1) is 15.6. The molecule has 3 aromatic carbocycles. The fourth-order valence-corrected chi connectivity index (χ4v) is 5.65. The van der Waals surface area contributed by atoms with Gasteiger partial charge >= 0.3 is 250 Å². The number of hydrogen-bond donors (Lipinski definition) is 0. The predicted octanol–water partition coefficient (Wildman–Crippen LogP) is 1.63. The SMILES string of the molecule is CN(C)Cc1cccc[c]1[Bi].CN(C)Cc1cccc[c]1[Bi].CN(C)Cc1cccc[c]1[Bi]. The molecule has 0 aliphatic heterocycles. The minimum atomic E-state index is 1.06. The second kappa shape index (κ2) is 17.6. The molecule has 0 atom stereocenters. The van der Waals surface area contributed by atoms with E-state index in [2.05, 4.69) is 130 Å². The first-order valence-corrected chi connectivity index (χ1v) is 16.1. The quantitative estimate of drug-likeness (QED) is 0.349. The van der Waals surface area contributed by atoms with Crippen LogP contribution in [0.4, 0.5) is 0 Å². The van der Waals surface area contributed by atoms with Crippen molar-refractivity contribution in [3.63, 3.8) is 0 Å². The maximum atomic E-state index is 2.20. The molecule has 6 heteroatoms. The molecule has 0 saturated heterocycles. The number of benzene rings is 3. The van der Waals surface area contributed by atoms with E-state index in [1.807, 2.05) is 0 Å². The standard InChI is InChI=1S/3C9H12N.3Bi/c3*1-10(2)8-9-6-4-3-5-7-9;;;/h3*3-6H,8H2,1-2H3;;;. The van der Waals surface area contributed by atoms with Crippen LogP contribution in [-0.2, 0) is 19.6 Å². The van der Waals surface area contributed by atoms with Crippen LogP contribution in [0.15, 0.2) is 72.8 Å². The van der Waals surface area contributed by atoms with Crippen molar-refractivity contribution in [3.05, 3.63) is 89.5 Å². The number of rotatable bonds is 6. The molecular formula is C27H36Bi3N3. The third kappa shape index (κ3) is 14.4. The Kier molecular flexibility index (Phi) is 16.6. The van der Waals surface area contributed by atoms with Gasteiger partial charge in [0.2, 0.25) is 0 Å². The Bertz CT molecular complexity index is 821. The molecule has 0 amide bonds. The molecule has 174 valence electrons. The molecule has 0 spiro atoms. The van der Waals surface area contributed by atoms with Crippen LogP contribution in [0.2, 0.25) is 0 Å². The zero-order valence-electron chi connectivity index (χ0n) is 20.7. The maximum absolute atomic E-state index is 2.20. The van der Waals surface area contributed by atoms with Crippen LogP contribution >= 0.6 is 0 Å². The molecule has 0 aliphatic carbocycles. The van der Waals surface area contributed by atoms with Gasteiger partial charge in [0.1, 0.15) is 0 Å². The second-order valence-corrected chi connectivity index (χ2v) is 14.2. The van der Waals surface area contributed by atoms with Crippen LogP contribution in [-0.4, -0.2) is 131 Å². The Morgan fingerprint density at radius 2 is 0.636 bits per heavy atom. The molecule has 0 heterocycles. The van der Waals surface area contributed by atoms with Crippen molar-refractivity contribution < 1.29 is 0 Å². The van der Waals surface area contributed by atoms with Gasteiger partial charge in [0, 0.05) is 0 Å². The van der Waals surface area contributed by atoms with Gasteiger partial charge in [-0.1, -0.05) is 0 Å². The van der Waals surface area contributed by atoms with Gasteiger partial charge in [-0.25, -0.2) is 0 Å². The molecule has 0 aliphatic rings. The van der Waals surface area contributed by atoms with Crippen LogP contribution < -0.4 is 9.81 Å². The van der Waals surface area contributed by atoms with Crippen LogP contribution in [0, 0.1) is 0 Å². The van der Waals surface area contributed by atoms with E-state index in [4.69, 9.17) is 0 Å². The van der Waals surface area contributed by atoms with Gasteiger partial charge in [0.05, 0.1) is 0 Å². The molecule has 0 fully saturated rings. The molecule has 3 aromatic rings.